The van der Waals surface area contributed by atoms with Gasteiger partial charge < -0.3 is 13.7 Å². The van der Waals surface area contributed by atoms with Crippen molar-refractivity contribution in [2.45, 2.75) is 12.7 Å². The number of hydrogen-bond donors (Lipinski definition) is 1. The zero-order valence-electron chi connectivity index (χ0n) is 16.3. The van der Waals surface area contributed by atoms with Gasteiger partial charge in [0.25, 0.3) is 5.56 Å². The van der Waals surface area contributed by atoms with Crippen LogP contribution in [-0.4, -0.2) is 19.3 Å². The molecule has 0 saturated heterocycles. The second-order valence-electron chi connectivity index (χ2n) is 6.75. The Morgan fingerprint density at radius 2 is 2.00 bits per heavy atom. The summed E-state index contributed by atoms with van der Waals surface area (Å²) in [7, 11) is 1.41. The number of nitrogens with one attached hydrogen (secondary N) is 1. The van der Waals surface area contributed by atoms with Gasteiger partial charge in [-0.05, 0) is 36.4 Å². The molecule has 0 fully saturated rings. The standard InChI is InChI=1S/C20H14ClF3N4O4/c1-27-16(25-26-19(27)30)10-28-5-4-14(20(22,23)24)17(18(28)29)32-13-8-11(7-12(21)9-13)15-3-2-6-31-15/h2-9H,10H2,1H3,(H,26,30). The van der Waals surface area contributed by atoms with Crippen molar-refractivity contribution in [3.63, 3.8) is 0 Å². The molecule has 4 aromatic rings. The number of halogens is 4. The highest BCUT2D eigenvalue weighted by molar-refractivity contribution is 6.31. The third-order valence-electron chi connectivity index (χ3n) is 4.61. The van der Waals surface area contributed by atoms with E-state index < -0.39 is 28.7 Å². The first-order valence-corrected chi connectivity index (χ1v) is 9.44. The van der Waals surface area contributed by atoms with Gasteiger partial charge in [-0.2, -0.15) is 18.3 Å². The Bertz CT molecular complexity index is 1390. The van der Waals surface area contributed by atoms with Crippen LogP contribution in [0.5, 0.6) is 11.5 Å². The molecule has 0 aliphatic heterocycles. The maximum absolute atomic E-state index is 13.6. The predicted molar refractivity (Wildman–Crippen MR) is 108 cm³/mol. The summed E-state index contributed by atoms with van der Waals surface area (Å²) in [5.41, 5.74) is -2.39. The molecule has 12 heteroatoms. The number of H-pyrrole nitrogens is 1. The Morgan fingerprint density at radius 1 is 1.22 bits per heavy atom. The van der Waals surface area contributed by atoms with E-state index in [0.29, 0.717) is 11.3 Å². The fourth-order valence-corrected chi connectivity index (χ4v) is 3.22. The van der Waals surface area contributed by atoms with Crippen molar-refractivity contribution >= 4 is 11.6 Å². The first-order valence-electron chi connectivity index (χ1n) is 9.06. The molecule has 0 unspecified atom stereocenters. The van der Waals surface area contributed by atoms with Gasteiger partial charge in [-0.15, -0.1) is 0 Å². The summed E-state index contributed by atoms with van der Waals surface area (Å²) in [6.07, 6.45) is -2.46. The molecule has 3 heterocycles. The molecule has 1 N–H and O–H groups in total. The molecule has 4 rings (SSSR count). The molecule has 1 aromatic carbocycles. The van der Waals surface area contributed by atoms with Crippen LogP contribution in [0.4, 0.5) is 13.2 Å². The third-order valence-corrected chi connectivity index (χ3v) is 4.83. The molecule has 0 aliphatic rings. The van der Waals surface area contributed by atoms with Gasteiger partial charge in [-0.25, -0.2) is 9.89 Å². The molecular formula is C20H14ClF3N4O4. The number of alkyl halides is 3. The molecule has 32 heavy (non-hydrogen) atoms. The Balaban J connectivity index is 1.79. The lowest BCUT2D eigenvalue weighted by Gasteiger charge is -2.16. The minimum atomic E-state index is -4.85. The molecule has 0 atom stereocenters. The van der Waals surface area contributed by atoms with Crippen LogP contribution >= 0.6 is 11.6 Å². The van der Waals surface area contributed by atoms with Crippen LogP contribution in [0.3, 0.4) is 0 Å². The molecule has 0 saturated carbocycles. The lowest BCUT2D eigenvalue weighted by Crippen LogP contribution is -2.26. The highest BCUT2D eigenvalue weighted by Gasteiger charge is 2.36. The fourth-order valence-electron chi connectivity index (χ4n) is 3.00. The maximum Gasteiger partial charge on any atom is 0.420 e. The maximum atomic E-state index is 13.6. The van der Waals surface area contributed by atoms with Crippen molar-refractivity contribution in [3.8, 4) is 22.8 Å². The van der Waals surface area contributed by atoms with Crippen molar-refractivity contribution < 1.29 is 22.3 Å². The van der Waals surface area contributed by atoms with Crippen molar-refractivity contribution in [3.05, 3.63) is 86.1 Å². The van der Waals surface area contributed by atoms with Crippen molar-refractivity contribution in [2.75, 3.05) is 0 Å². The summed E-state index contributed by atoms with van der Waals surface area (Å²) in [4.78, 5) is 24.5. The average molecular weight is 467 g/mol. The van der Waals surface area contributed by atoms with Gasteiger partial charge in [0.1, 0.15) is 17.1 Å². The van der Waals surface area contributed by atoms with Crippen LogP contribution in [0.25, 0.3) is 11.3 Å². The smallest absolute Gasteiger partial charge is 0.420 e. The van der Waals surface area contributed by atoms with E-state index in [1.165, 1.54) is 25.4 Å². The number of benzene rings is 1. The SMILES string of the molecule is Cn1c(Cn2ccc(C(F)(F)F)c(Oc3cc(Cl)cc(-c4ccco4)c3)c2=O)n[nH]c1=O. The van der Waals surface area contributed by atoms with E-state index in [4.69, 9.17) is 20.8 Å². The normalized spacial score (nSPS) is 11.7. The summed E-state index contributed by atoms with van der Waals surface area (Å²) >= 11 is 6.09. The largest absolute Gasteiger partial charge is 0.464 e. The quantitative estimate of drug-likeness (QED) is 0.479. The summed E-state index contributed by atoms with van der Waals surface area (Å²) < 4.78 is 53.6. The first-order chi connectivity index (χ1) is 15.1. The minimum Gasteiger partial charge on any atom is -0.464 e. The van der Waals surface area contributed by atoms with Crippen LogP contribution < -0.4 is 16.0 Å². The van der Waals surface area contributed by atoms with E-state index in [1.54, 1.807) is 18.2 Å². The number of nitrogens with zero attached hydrogens (tertiary/aromatic N) is 3. The number of furan rings is 1. The van der Waals surface area contributed by atoms with Crippen LogP contribution in [0.15, 0.2) is 62.9 Å². The van der Waals surface area contributed by atoms with Crippen LogP contribution in [0.1, 0.15) is 11.4 Å². The number of ether oxygens (including phenoxy) is 1. The van der Waals surface area contributed by atoms with Gasteiger partial charge in [0.05, 0.1) is 12.8 Å². The molecule has 0 amide bonds. The predicted octanol–water partition coefficient (Wildman–Crippen LogP) is 4.04. The number of aromatic amines is 1. The fraction of sp³-hybridized carbons (Fsp3) is 0.150. The molecule has 0 aliphatic carbocycles. The van der Waals surface area contributed by atoms with E-state index in [1.807, 2.05) is 0 Å². The summed E-state index contributed by atoms with van der Waals surface area (Å²) in [6, 6.07) is 8.22. The van der Waals surface area contributed by atoms with Crippen molar-refractivity contribution in [1.29, 1.82) is 0 Å². The topological polar surface area (TPSA) is 95.1 Å². The molecular weight excluding hydrogens is 453 g/mol. The van der Waals surface area contributed by atoms with Crippen LogP contribution in [-0.2, 0) is 19.8 Å². The second-order valence-corrected chi connectivity index (χ2v) is 7.18. The van der Waals surface area contributed by atoms with E-state index in [9.17, 15) is 22.8 Å². The lowest BCUT2D eigenvalue weighted by atomic mass is 10.1. The Morgan fingerprint density at radius 3 is 2.62 bits per heavy atom. The van der Waals surface area contributed by atoms with Gasteiger partial charge in [0, 0.05) is 23.8 Å². The van der Waals surface area contributed by atoms with Crippen molar-refractivity contribution in [2.24, 2.45) is 7.05 Å². The van der Waals surface area contributed by atoms with E-state index in [2.05, 4.69) is 10.2 Å². The van der Waals surface area contributed by atoms with E-state index in [-0.39, 0.29) is 23.1 Å². The zero-order chi connectivity index (χ0) is 23.0. The summed E-state index contributed by atoms with van der Waals surface area (Å²) in [6.45, 7) is -0.254. The van der Waals surface area contributed by atoms with Crippen LogP contribution in [0.2, 0.25) is 5.02 Å². The van der Waals surface area contributed by atoms with Gasteiger partial charge in [0.2, 0.25) is 5.75 Å². The number of rotatable bonds is 5. The Labute approximate surface area is 182 Å². The van der Waals surface area contributed by atoms with E-state index in [0.717, 1.165) is 21.4 Å². The molecule has 0 radical (unpaired) electrons. The van der Waals surface area contributed by atoms with Gasteiger partial charge in [-0.1, -0.05) is 11.6 Å². The second kappa shape index (κ2) is 8.08. The zero-order valence-corrected chi connectivity index (χ0v) is 17.1. The van der Waals surface area contributed by atoms with Gasteiger partial charge >= 0.3 is 11.9 Å². The van der Waals surface area contributed by atoms with Crippen molar-refractivity contribution in [1.82, 2.24) is 19.3 Å². The summed E-state index contributed by atoms with van der Waals surface area (Å²) in [5.74, 6) is -0.464. The number of hydrogen-bond acceptors (Lipinski definition) is 5. The van der Waals surface area contributed by atoms with E-state index >= 15 is 0 Å². The third kappa shape index (κ3) is 4.19. The van der Waals surface area contributed by atoms with Gasteiger partial charge in [0.15, 0.2) is 5.82 Å². The Kier molecular flexibility index (Phi) is 5.43. The molecule has 0 spiro atoms. The van der Waals surface area contributed by atoms with Gasteiger partial charge in [-0.3, -0.25) is 9.36 Å². The number of aromatic nitrogens is 4. The number of pyridine rings is 1. The lowest BCUT2D eigenvalue weighted by molar-refractivity contribution is -0.138. The molecule has 166 valence electrons. The molecule has 0 bridgehead atoms. The minimum absolute atomic E-state index is 0.0866. The average Bonchev–Trinajstić information content (AvgIpc) is 3.36. The highest BCUT2D eigenvalue weighted by atomic mass is 35.5. The van der Waals surface area contributed by atoms with Crippen LogP contribution in [0, 0.1) is 0 Å². The first kappa shape index (κ1) is 21.5. The Hall–Kier alpha value is -3.73. The molecule has 3 aromatic heterocycles. The monoisotopic (exact) mass is 466 g/mol. The molecule has 8 nitrogen and oxygen atoms in total. The summed E-state index contributed by atoms with van der Waals surface area (Å²) in [5, 5.41) is 6.13. The highest BCUT2D eigenvalue weighted by Crippen LogP contribution is 2.37.